The van der Waals surface area contributed by atoms with Gasteiger partial charge in [0.1, 0.15) is 67.1 Å². The van der Waals surface area contributed by atoms with Gasteiger partial charge in [-0.1, -0.05) is 0 Å². The molecule has 15 heteroatoms. The molecule has 0 aromatic rings. The van der Waals surface area contributed by atoms with E-state index in [4.69, 9.17) is 23.7 Å². The second kappa shape index (κ2) is 11.0. The zero-order chi connectivity index (χ0) is 24.6. The summed E-state index contributed by atoms with van der Waals surface area (Å²) >= 11 is 0. The van der Waals surface area contributed by atoms with Gasteiger partial charge in [-0.05, 0) is 6.92 Å². The van der Waals surface area contributed by atoms with Crippen LogP contribution < -0.4 is 0 Å². The normalized spacial score (nSPS) is 53.7. The highest BCUT2D eigenvalue weighted by atomic mass is 16.8. The topological polar surface area (TPSA) is 248 Å². The summed E-state index contributed by atoms with van der Waals surface area (Å²) in [6, 6.07) is 0. The van der Waals surface area contributed by atoms with Gasteiger partial charge in [-0.25, -0.2) is 0 Å². The molecule has 0 aromatic carbocycles. The van der Waals surface area contributed by atoms with E-state index >= 15 is 0 Å². The summed E-state index contributed by atoms with van der Waals surface area (Å²) in [5.74, 6) is 0. The molecule has 3 rings (SSSR count). The van der Waals surface area contributed by atoms with Crippen molar-refractivity contribution in [3.8, 4) is 0 Å². The highest BCUT2D eigenvalue weighted by Gasteiger charge is 2.52. The quantitative estimate of drug-likeness (QED) is 0.167. The Morgan fingerprint density at radius 3 is 1.61 bits per heavy atom. The predicted molar refractivity (Wildman–Crippen MR) is 99.8 cm³/mol. The number of aliphatic hydroxyl groups is 10. The maximum atomic E-state index is 10.6. The molecule has 3 heterocycles. The first kappa shape index (κ1) is 27.0. The minimum Gasteiger partial charge on any atom is -0.394 e. The highest BCUT2D eigenvalue weighted by Crippen LogP contribution is 2.32. The molecule has 0 amide bonds. The van der Waals surface area contributed by atoms with Crippen molar-refractivity contribution < 1.29 is 74.7 Å². The molecule has 0 aromatic heterocycles. The van der Waals surface area contributed by atoms with Crippen LogP contribution >= 0.6 is 0 Å². The van der Waals surface area contributed by atoms with E-state index in [2.05, 4.69) is 0 Å². The lowest BCUT2D eigenvalue weighted by Crippen LogP contribution is -2.66. The molecule has 3 aliphatic heterocycles. The van der Waals surface area contributed by atoms with Crippen LogP contribution in [0.1, 0.15) is 6.92 Å². The lowest BCUT2D eigenvalue weighted by molar-refractivity contribution is -0.376. The monoisotopic (exact) mass is 488 g/mol. The second-order valence-electron chi connectivity index (χ2n) is 8.32. The first-order chi connectivity index (χ1) is 15.5. The molecule has 194 valence electrons. The molecule has 0 radical (unpaired) electrons. The van der Waals surface area contributed by atoms with E-state index in [9.17, 15) is 51.1 Å². The second-order valence-corrected chi connectivity index (χ2v) is 8.32. The largest absolute Gasteiger partial charge is 0.394 e. The van der Waals surface area contributed by atoms with Crippen LogP contribution in [0.4, 0.5) is 0 Å². The molecule has 15 nitrogen and oxygen atoms in total. The van der Waals surface area contributed by atoms with E-state index < -0.39 is 105 Å². The highest BCUT2D eigenvalue weighted by molar-refractivity contribution is 4.95. The minimum absolute atomic E-state index is 0.721. The number of hydrogen-bond acceptors (Lipinski definition) is 15. The van der Waals surface area contributed by atoms with Crippen LogP contribution in [-0.2, 0) is 23.7 Å². The molecular formula is C18H32O15. The summed E-state index contributed by atoms with van der Waals surface area (Å²) in [5, 5.41) is 99.5. The van der Waals surface area contributed by atoms with E-state index in [-0.39, 0.29) is 0 Å². The lowest BCUT2D eigenvalue weighted by atomic mass is 9.96. The zero-order valence-corrected chi connectivity index (χ0v) is 17.6. The Labute approximate surface area is 187 Å². The van der Waals surface area contributed by atoms with Gasteiger partial charge in [0.25, 0.3) is 0 Å². The van der Waals surface area contributed by atoms with E-state index in [1.54, 1.807) is 0 Å². The van der Waals surface area contributed by atoms with Crippen molar-refractivity contribution in [2.24, 2.45) is 0 Å². The van der Waals surface area contributed by atoms with Gasteiger partial charge < -0.3 is 74.7 Å². The maximum Gasteiger partial charge on any atom is 0.187 e. The average molecular weight is 488 g/mol. The first-order valence-corrected chi connectivity index (χ1v) is 10.4. The van der Waals surface area contributed by atoms with Crippen molar-refractivity contribution in [2.45, 2.75) is 99.0 Å². The van der Waals surface area contributed by atoms with Gasteiger partial charge >= 0.3 is 0 Å². The number of hydrogen-bond donors (Lipinski definition) is 10. The third-order valence-corrected chi connectivity index (χ3v) is 6.05. The Balaban J connectivity index is 1.70. The van der Waals surface area contributed by atoms with Crippen LogP contribution in [0.5, 0.6) is 0 Å². The fourth-order valence-electron chi connectivity index (χ4n) is 4.03. The SMILES string of the molecule is C[C@@H]1O[C@H](O)[C@H](O)[C@H](O)[C@H]1O[C@H]1O[C@H](CO)[C@H](O[C@@H]2O[C@H](CO)[C@@H](O)[C@H](O)[C@@H]2O)[C@H](O)[C@H]1O. The van der Waals surface area contributed by atoms with E-state index in [1.165, 1.54) is 6.92 Å². The summed E-state index contributed by atoms with van der Waals surface area (Å²) in [6.45, 7) is -0.0729. The molecular weight excluding hydrogens is 456 g/mol. The summed E-state index contributed by atoms with van der Waals surface area (Å²) < 4.78 is 26.6. The predicted octanol–water partition coefficient (Wildman–Crippen LogP) is -6.55. The van der Waals surface area contributed by atoms with Gasteiger partial charge in [-0.3, -0.25) is 0 Å². The Kier molecular flexibility index (Phi) is 8.99. The third kappa shape index (κ3) is 5.32. The van der Waals surface area contributed by atoms with Crippen LogP contribution in [0.3, 0.4) is 0 Å². The Hall–Kier alpha value is -0.600. The summed E-state index contributed by atoms with van der Waals surface area (Å²) in [5.41, 5.74) is 0. The molecule has 33 heavy (non-hydrogen) atoms. The van der Waals surface area contributed by atoms with Gasteiger partial charge in [0, 0.05) is 0 Å². The van der Waals surface area contributed by atoms with Crippen molar-refractivity contribution in [1.82, 2.24) is 0 Å². The van der Waals surface area contributed by atoms with E-state index in [1.807, 2.05) is 0 Å². The van der Waals surface area contributed by atoms with Crippen LogP contribution in [0.2, 0.25) is 0 Å². The molecule has 0 spiro atoms. The first-order valence-electron chi connectivity index (χ1n) is 10.4. The maximum absolute atomic E-state index is 10.6. The van der Waals surface area contributed by atoms with Crippen molar-refractivity contribution in [2.75, 3.05) is 13.2 Å². The zero-order valence-electron chi connectivity index (χ0n) is 17.6. The van der Waals surface area contributed by atoms with Gasteiger partial charge in [-0.15, -0.1) is 0 Å². The van der Waals surface area contributed by atoms with Crippen LogP contribution in [0, 0.1) is 0 Å². The molecule has 0 saturated carbocycles. The number of ether oxygens (including phenoxy) is 5. The Morgan fingerprint density at radius 2 is 1.03 bits per heavy atom. The van der Waals surface area contributed by atoms with Crippen molar-refractivity contribution in [3.63, 3.8) is 0 Å². The molecule has 3 aliphatic rings. The molecule has 0 bridgehead atoms. The summed E-state index contributed by atoms with van der Waals surface area (Å²) in [7, 11) is 0. The molecule has 15 atom stereocenters. The average Bonchev–Trinajstić information content (AvgIpc) is 2.79. The van der Waals surface area contributed by atoms with Crippen molar-refractivity contribution in [1.29, 1.82) is 0 Å². The molecule has 3 saturated heterocycles. The fourth-order valence-corrected chi connectivity index (χ4v) is 4.03. The molecule has 0 unspecified atom stereocenters. The standard InChI is InChI=1S/C18H32O15/c1-4-14(9(23)11(25)16(28)29-4)32-18-13(27)10(24)15(6(3-20)31-18)33-17-12(26)8(22)7(21)5(2-19)30-17/h4-28H,2-3H2,1H3/t4-,5+,6+,7+,8-,9-,10+,11+,12-,13+,14-,15-,16-,17-,18+/m0/s1. The summed E-state index contributed by atoms with van der Waals surface area (Å²) in [4.78, 5) is 0. The molecule has 3 fully saturated rings. The van der Waals surface area contributed by atoms with Crippen molar-refractivity contribution >= 4 is 0 Å². The van der Waals surface area contributed by atoms with Gasteiger partial charge in [0.2, 0.25) is 0 Å². The molecule has 10 N–H and O–H groups in total. The van der Waals surface area contributed by atoms with Gasteiger partial charge in [0.05, 0.1) is 19.3 Å². The van der Waals surface area contributed by atoms with Crippen LogP contribution in [-0.4, -0.2) is 156 Å². The minimum atomic E-state index is -1.83. The number of aliphatic hydroxyl groups excluding tert-OH is 10. The Morgan fingerprint density at radius 1 is 0.545 bits per heavy atom. The van der Waals surface area contributed by atoms with E-state index in [0.717, 1.165) is 0 Å². The molecule has 0 aliphatic carbocycles. The van der Waals surface area contributed by atoms with Crippen molar-refractivity contribution in [3.05, 3.63) is 0 Å². The Bertz CT molecular complexity index is 622. The number of rotatable bonds is 6. The fraction of sp³-hybridized carbons (Fsp3) is 1.00. The smallest absolute Gasteiger partial charge is 0.187 e. The van der Waals surface area contributed by atoms with Crippen LogP contribution in [0.15, 0.2) is 0 Å². The summed E-state index contributed by atoms with van der Waals surface area (Å²) in [6.07, 6.45) is -23.6. The van der Waals surface area contributed by atoms with Crippen LogP contribution in [0.25, 0.3) is 0 Å². The lowest BCUT2D eigenvalue weighted by Gasteiger charge is -2.47. The van der Waals surface area contributed by atoms with E-state index in [0.29, 0.717) is 0 Å². The van der Waals surface area contributed by atoms with Gasteiger partial charge in [-0.2, -0.15) is 0 Å². The van der Waals surface area contributed by atoms with Gasteiger partial charge in [0.15, 0.2) is 18.9 Å². The third-order valence-electron chi connectivity index (χ3n) is 6.05.